The van der Waals surface area contributed by atoms with Gasteiger partial charge in [-0.3, -0.25) is 9.69 Å². The van der Waals surface area contributed by atoms with Gasteiger partial charge >= 0.3 is 0 Å². The number of benzene rings is 1. The molecule has 1 fully saturated rings. The van der Waals surface area contributed by atoms with Crippen LogP contribution in [-0.2, 0) is 13.0 Å². The van der Waals surface area contributed by atoms with Crippen LogP contribution in [0.4, 0.5) is 0 Å². The van der Waals surface area contributed by atoms with Crippen LogP contribution in [0.15, 0.2) is 40.9 Å². The summed E-state index contributed by atoms with van der Waals surface area (Å²) in [6.45, 7) is 9.55. The lowest BCUT2D eigenvalue weighted by atomic mass is 9.90. The van der Waals surface area contributed by atoms with E-state index < -0.39 is 0 Å². The van der Waals surface area contributed by atoms with Crippen LogP contribution in [0.5, 0.6) is 0 Å². The van der Waals surface area contributed by atoms with E-state index in [2.05, 4.69) is 40.4 Å². The van der Waals surface area contributed by atoms with Gasteiger partial charge in [-0.05, 0) is 64.6 Å². The monoisotopic (exact) mass is 369 g/mol. The Morgan fingerprint density at radius 2 is 1.96 bits per heavy atom. The Morgan fingerprint density at radius 3 is 2.59 bits per heavy atom. The molecule has 0 N–H and O–H groups in total. The number of hydrogen-bond donors (Lipinski definition) is 0. The van der Waals surface area contributed by atoms with Crippen molar-refractivity contribution in [2.45, 2.75) is 52.6 Å². The molecule has 1 aliphatic heterocycles. The molecule has 0 unspecified atom stereocenters. The van der Waals surface area contributed by atoms with Crippen molar-refractivity contribution < 1.29 is 9.32 Å². The maximum Gasteiger partial charge on any atom is 0.276 e. The predicted molar refractivity (Wildman–Crippen MR) is 106 cm³/mol. The number of nitrogens with zero attached hydrogens (tertiary/aromatic N) is 3. The minimum absolute atomic E-state index is 0.0518. The fourth-order valence-electron chi connectivity index (χ4n) is 3.90. The first-order valence-electron chi connectivity index (χ1n) is 10.1. The first-order chi connectivity index (χ1) is 13.1. The summed E-state index contributed by atoms with van der Waals surface area (Å²) in [5, 5.41) is 4.01. The predicted octanol–water partition coefficient (Wildman–Crippen LogP) is 4.00. The smallest absolute Gasteiger partial charge is 0.276 e. The largest absolute Gasteiger partial charge is 0.359 e. The van der Waals surface area contributed by atoms with Crippen LogP contribution in [0.3, 0.4) is 0 Å². The molecule has 2 heterocycles. The molecule has 2 aromatic rings. The number of amides is 1. The lowest BCUT2D eigenvalue weighted by Gasteiger charge is -2.31. The fraction of sp³-hybridized carbons (Fsp3) is 0.545. The lowest BCUT2D eigenvalue weighted by molar-refractivity contribution is 0.0706. The normalized spacial score (nSPS) is 16.0. The van der Waals surface area contributed by atoms with Gasteiger partial charge in [0, 0.05) is 18.7 Å². The summed E-state index contributed by atoms with van der Waals surface area (Å²) < 4.78 is 5.45. The number of piperidine rings is 1. The molecule has 5 heteroatoms. The first-order valence-corrected chi connectivity index (χ1v) is 10.1. The van der Waals surface area contributed by atoms with Gasteiger partial charge in [0.1, 0.15) is 0 Å². The number of carbonyl (C=O) groups excluding carboxylic acids is 1. The highest BCUT2D eigenvalue weighted by atomic mass is 16.5. The highest BCUT2D eigenvalue weighted by molar-refractivity contribution is 5.92. The molecule has 0 aliphatic carbocycles. The van der Waals surface area contributed by atoms with E-state index in [1.54, 1.807) is 4.90 Å². The summed E-state index contributed by atoms with van der Waals surface area (Å²) in [6, 6.07) is 12.7. The van der Waals surface area contributed by atoms with E-state index >= 15 is 0 Å². The molecular formula is C22H31N3O2. The third-order valence-electron chi connectivity index (χ3n) is 5.46. The molecule has 5 nitrogen and oxygen atoms in total. The van der Waals surface area contributed by atoms with Gasteiger partial charge in [-0.25, -0.2) is 0 Å². The van der Waals surface area contributed by atoms with Crippen LogP contribution in [0.1, 0.15) is 55.4 Å². The van der Waals surface area contributed by atoms with Crippen molar-refractivity contribution in [2.24, 2.45) is 5.92 Å². The molecule has 0 atom stereocenters. The maximum absolute atomic E-state index is 12.5. The zero-order valence-corrected chi connectivity index (χ0v) is 16.7. The van der Waals surface area contributed by atoms with E-state index in [-0.39, 0.29) is 11.9 Å². The second kappa shape index (κ2) is 9.18. The summed E-state index contributed by atoms with van der Waals surface area (Å²) in [5.41, 5.74) is 1.85. The van der Waals surface area contributed by atoms with Crippen LogP contribution >= 0.6 is 0 Å². The van der Waals surface area contributed by atoms with Crippen molar-refractivity contribution in [1.29, 1.82) is 0 Å². The average Bonchev–Trinajstić information content (AvgIpc) is 3.13. The van der Waals surface area contributed by atoms with Gasteiger partial charge in [0.25, 0.3) is 5.91 Å². The highest BCUT2D eigenvalue weighted by Gasteiger charge is 2.23. The molecule has 1 amide bonds. The maximum atomic E-state index is 12.5. The number of aromatic nitrogens is 1. The Morgan fingerprint density at radius 1 is 1.26 bits per heavy atom. The van der Waals surface area contributed by atoms with Gasteiger partial charge in [-0.1, -0.05) is 35.5 Å². The van der Waals surface area contributed by atoms with Gasteiger partial charge in [-0.2, -0.15) is 0 Å². The lowest BCUT2D eigenvalue weighted by Crippen LogP contribution is -2.36. The molecule has 3 rings (SSSR count). The third-order valence-corrected chi connectivity index (χ3v) is 5.46. The van der Waals surface area contributed by atoms with Crippen molar-refractivity contribution >= 4 is 5.91 Å². The van der Waals surface area contributed by atoms with Gasteiger partial charge in [-0.15, -0.1) is 0 Å². The standard InChI is InChI=1S/C22H31N3O2/c1-4-25(17(2)3)22(26)21-15-20(27-23-21)16-24-12-10-19(11-13-24)14-18-8-6-5-7-9-18/h5-9,15,17,19H,4,10-14,16H2,1-3H3. The molecule has 27 heavy (non-hydrogen) atoms. The number of rotatable bonds is 7. The van der Waals surface area contributed by atoms with Crippen LogP contribution < -0.4 is 0 Å². The number of hydrogen-bond acceptors (Lipinski definition) is 4. The summed E-state index contributed by atoms with van der Waals surface area (Å²) in [5.74, 6) is 1.48. The molecule has 1 saturated heterocycles. The van der Waals surface area contributed by atoms with Crippen molar-refractivity contribution in [3.8, 4) is 0 Å². The second-order valence-corrected chi connectivity index (χ2v) is 7.77. The van der Waals surface area contributed by atoms with E-state index in [1.807, 2.05) is 26.8 Å². The Labute approximate surface area is 162 Å². The Kier molecular flexibility index (Phi) is 6.67. The quantitative estimate of drug-likeness (QED) is 0.740. The molecule has 0 spiro atoms. The highest BCUT2D eigenvalue weighted by Crippen LogP contribution is 2.23. The molecule has 146 valence electrons. The zero-order valence-electron chi connectivity index (χ0n) is 16.7. The minimum atomic E-state index is -0.0518. The van der Waals surface area contributed by atoms with Gasteiger partial charge in [0.05, 0.1) is 6.54 Å². The summed E-state index contributed by atoms with van der Waals surface area (Å²) >= 11 is 0. The zero-order chi connectivity index (χ0) is 19.2. The van der Waals surface area contributed by atoms with Gasteiger partial charge < -0.3 is 9.42 Å². The first kappa shape index (κ1) is 19.6. The molecule has 0 saturated carbocycles. The molecular weight excluding hydrogens is 338 g/mol. The number of carbonyl (C=O) groups is 1. The van der Waals surface area contributed by atoms with Crippen LogP contribution in [0.25, 0.3) is 0 Å². The van der Waals surface area contributed by atoms with Crippen LogP contribution in [-0.4, -0.2) is 46.5 Å². The topological polar surface area (TPSA) is 49.6 Å². The molecule has 1 aromatic carbocycles. The molecule has 0 radical (unpaired) electrons. The summed E-state index contributed by atoms with van der Waals surface area (Å²) in [4.78, 5) is 16.7. The molecule has 1 aromatic heterocycles. The van der Waals surface area contributed by atoms with E-state index in [0.29, 0.717) is 12.2 Å². The second-order valence-electron chi connectivity index (χ2n) is 7.77. The Hall–Kier alpha value is -2.14. The van der Waals surface area contributed by atoms with Gasteiger partial charge in [0.2, 0.25) is 0 Å². The van der Waals surface area contributed by atoms with E-state index in [1.165, 1.54) is 18.4 Å². The third kappa shape index (κ3) is 5.19. The Balaban J connectivity index is 1.49. The van der Waals surface area contributed by atoms with Crippen molar-refractivity contribution in [3.05, 3.63) is 53.4 Å². The fourth-order valence-corrected chi connectivity index (χ4v) is 3.90. The van der Waals surface area contributed by atoms with Crippen LogP contribution in [0, 0.1) is 5.92 Å². The van der Waals surface area contributed by atoms with E-state index in [4.69, 9.17) is 4.52 Å². The SMILES string of the molecule is CCN(C(=O)c1cc(CN2CCC(Cc3ccccc3)CC2)on1)C(C)C. The van der Waals surface area contributed by atoms with E-state index in [9.17, 15) is 4.79 Å². The van der Waals surface area contributed by atoms with Crippen LogP contribution in [0.2, 0.25) is 0 Å². The minimum Gasteiger partial charge on any atom is -0.359 e. The summed E-state index contributed by atoms with van der Waals surface area (Å²) in [7, 11) is 0. The molecule has 0 bridgehead atoms. The van der Waals surface area contributed by atoms with Gasteiger partial charge in [0.15, 0.2) is 11.5 Å². The Bertz CT molecular complexity index is 718. The number of likely N-dealkylation sites (tertiary alicyclic amines) is 1. The van der Waals surface area contributed by atoms with E-state index in [0.717, 1.165) is 37.7 Å². The molecule has 1 aliphatic rings. The van der Waals surface area contributed by atoms with Crippen molar-refractivity contribution in [1.82, 2.24) is 15.0 Å². The van der Waals surface area contributed by atoms with Crippen molar-refractivity contribution in [3.63, 3.8) is 0 Å². The average molecular weight is 370 g/mol. The summed E-state index contributed by atoms with van der Waals surface area (Å²) in [6.07, 6.45) is 3.56. The van der Waals surface area contributed by atoms with Crippen molar-refractivity contribution in [2.75, 3.05) is 19.6 Å².